The van der Waals surface area contributed by atoms with Gasteiger partial charge in [0.05, 0.1) is 12.3 Å². The molecule has 1 aliphatic heterocycles. The Hall–Kier alpha value is -1.25. The fourth-order valence-corrected chi connectivity index (χ4v) is 4.38. The number of ether oxygens (including phenoxy) is 1. The summed E-state index contributed by atoms with van der Waals surface area (Å²) < 4.78 is 7.53. The Kier molecular flexibility index (Phi) is 5.22. The Labute approximate surface area is 141 Å². The lowest BCUT2D eigenvalue weighted by molar-refractivity contribution is -0.118. The first kappa shape index (κ1) is 15.6. The van der Waals surface area contributed by atoms with Gasteiger partial charge in [-0.25, -0.2) is 0 Å². The summed E-state index contributed by atoms with van der Waals surface area (Å²) in [5.74, 6) is 1.27. The molecule has 5 nitrogen and oxygen atoms in total. The number of rotatable bonds is 6. The van der Waals surface area contributed by atoms with Crippen LogP contribution in [0.3, 0.4) is 0 Å². The molecule has 3 rings (SSSR count). The lowest BCUT2D eigenvalue weighted by Gasteiger charge is -2.11. The second kappa shape index (κ2) is 7.34. The number of hydrogen-bond donors (Lipinski definition) is 1. The normalized spacial score (nSPS) is 16.1. The molecule has 1 aromatic heterocycles. The van der Waals surface area contributed by atoms with Crippen molar-refractivity contribution in [1.82, 2.24) is 15.5 Å². The van der Waals surface area contributed by atoms with Crippen LogP contribution in [0.15, 0.2) is 32.9 Å². The highest BCUT2D eigenvalue weighted by molar-refractivity contribution is 8.03. The van der Waals surface area contributed by atoms with Crippen LogP contribution in [0.4, 0.5) is 0 Å². The first-order chi connectivity index (χ1) is 10.7. The lowest BCUT2D eigenvalue weighted by atomic mass is 10.1. The van der Waals surface area contributed by atoms with Gasteiger partial charge in [0.15, 0.2) is 8.68 Å². The molecule has 0 saturated carbocycles. The van der Waals surface area contributed by atoms with E-state index in [1.165, 1.54) is 28.7 Å². The Morgan fingerprint density at radius 1 is 1.41 bits per heavy atom. The molecular weight excluding hydrogens is 338 g/mol. The first-order valence-corrected chi connectivity index (χ1v) is 9.79. The molecule has 0 unspecified atom stereocenters. The first-order valence-electron chi connectivity index (χ1n) is 6.76. The third kappa shape index (κ3) is 3.93. The molecule has 22 heavy (non-hydrogen) atoms. The third-order valence-corrected chi connectivity index (χ3v) is 6.16. The highest BCUT2D eigenvalue weighted by atomic mass is 32.2. The van der Waals surface area contributed by atoms with Gasteiger partial charge in [0, 0.05) is 6.42 Å². The summed E-state index contributed by atoms with van der Waals surface area (Å²) in [6, 6.07) is 7.99. The SMILES string of the molecule is CSc1nnc(SCC(=O)NC[C@H]2Cc3ccccc3O2)s1. The summed E-state index contributed by atoms with van der Waals surface area (Å²) in [6.45, 7) is 0.528. The zero-order valence-electron chi connectivity index (χ0n) is 11.9. The number of nitrogens with zero attached hydrogens (tertiary/aromatic N) is 2. The molecule has 0 spiro atoms. The molecule has 0 fully saturated rings. The zero-order chi connectivity index (χ0) is 15.4. The number of benzene rings is 1. The summed E-state index contributed by atoms with van der Waals surface area (Å²) in [5, 5.41) is 11.0. The highest BCUT2D eigenvalue weighted by Crippen LogP contribution is 2.28. The van der Waals surface area contributed by atoms with E-state index >= 15 is 0 Å². The van der Waals surface area contributed by atoms with Crippen LogP contribution >= 0.6 is 34.9 Å². The largest absolute Gasteiger partial charge is 0.488 e. The minimum absolute atomic E-state index is 0.00884. The zero-order valence-corrected chi connectivity index (χ0v) is 14.4. The number of nitrogens with one attached hydrogen (secondary N) is 1. The van der Waals surface area contributed by atoms with E-state index in [2.05, 4.69) is 21.6 Å². The van der Waals surface area contributed by atoms with Crippen molar-refractivity contribution >= 4 is 40.8 Å². The van der Waals surface area contributed by atoms with Crippen molar-refractivity contribution in [2.24, 2.45) is 0 Å². The van der Waals surface area contributed by atoms with Crippen LogP contribution in [0.2, 0.25) is 0 Å². The van der Waals surface area contributed by atoms with Gasteiger partial charge in [-0.2, -0.15) is 0 Å². The average molecular weight is 353 g/mol. The van der Waals surface area contributed by atoms with Crippen molar-refractivity contribution in [1.29, 1.82) is 0 Å². The maximum absolute atomic E-state index is 11.9. The van der Waals surface area contributed by atoms with Crippen molar-refractivity contribution in [3.8, 4) is 5.75 Å². The average Bonchev–Trinajstić information content (AvgIpc) is 3.16. The number of amides is 1. The van der Waals surface area contributed by atoms with Crippen molar-refractivity contribution in [2.45, 2.75) is 21.2 Å². The Bertz CT molecular complexity index is 637. The standard InChI is InChI=1S/C14H15N3O2S3/c1-20-13-16-17-14(22-13)21-8-12(18)15-7-10-6-9-4-2-3-5-11(9)19-10/h2-5,10H,6-8H2,1H3,(H,15,18)/t10-/m1/s1. The van der Waals surface area contributed by atoms with E-state index in [9.17, 15) is 4.79 Å². The minimum atomic E-state index is -0.00884. The predicted molar refractivity (Wildman–Crippen MR) is 90.0 cm³/mol. The molecule has 1 atom stereocenters. The highest BCUT2D eigenvalue weighted by Gasteiger charge is 2.22. The molecule has 116 valence electrons. The molecule has 0 radical (unpaired) electrons. The van der Waals surface area contributed by atoms with Gasteiger partial charge >= 0.3 is 0 Å². The van der Waals surface area contributed by atoms with Crippen molar-refractivity contribution in [3.05, 3.63) is 29.8 Å². The van der Waals surface area contributed by atoms with Gasteiger partial charge in [-0.1, -0.05) is 53.1 Å². The minimum Gasteiger partial charge on any atom is -0.488 e. The summed E-state index contributed by atoms with van der Waals surface area (Å²) in [5.41, 5.74) is 1.20. The van der Waals surface area contributed by atoms with Gasteiger partial charge in [0.2, 0.25) is 5.91 Å². The van der Waals surface area contributed by atoms with Crippen molar-refractivity contribution in [2.75, 3.05) is 18.6 Å². The van der Waals surface area contributed by atoms with Crippen LogP contribution in [0, 0.1) is 0 Å². The summed E-state index contributed by atoms with van der Waals surface area (Å²) in [4.78, 5) is 11.9. The molecule has 0 saturated heterocycles. The van der Waals surface area contributed by atoms with Gasteiger partial charge in [-0.3, -0.25) is 4.79 Å². The van der Waals surface area contributed by atoms with Gasteiger partial charge < -0.3 is 10.1 Å². The molecule has 8 heteroatoms. The number of carbonyl (C=O) groups is 1. The Morgan fingerprint density at radius 3 is 3.00 bits per heavy atom. The molecular formula is C14H15N3O2S3. The van der Waals surface area contributed by atoms with Crippen LogP contribution in [-0.4, -0.2) is 40.8 Å². The van der Waals surface area contributed by atoms with Crippen molar-refractivity contribution < 1.29 is 9.53 Å². The van der Waals surface area contributed by atoms with Crippen LogP contribution in [-0.2, 0) is 11.2 Å². The number of thioether (sulfide) groups is 2. The molecule has 0 aliphatic carbocycles. The molecule has 2 heterocycles. The molecule has 2 aromatic rings. The van der Waals surface area contributed by atoms with Gasteiger partial charge in [-0.05, 0) is 17.9 Å². The lowest BCUT2D eigenvalue weighted by Crippen LogP contribution is -2.35. The third-order valence-electron chi connectivity index (χ3n) is 3.13. The smallest absolute Gasteiger partial charge is 0.230 e. The fraction of sp³-hybridized carbons (Fsp3) is 0.357. The molecule has 0 bridgehead atoms. The van der Waals surface area contributed by atoms with E-state index in [0.717, 1.165) is 20.8 Å². The quantitative estimate of drug-likeness (QED) is 0.805. The van der Waals surface area contributed by atoms with Gasteiger partial charge in [0.25, 0.3) is 0 Å². The Balaban J connectivity index is 1.40. The van der Waals surface area contributed by atoms with Gasteiger partial charge in [-0.15, -0.1) is 10.2 Å². The second-order valence-corrected chi connectivity index (χ2v) is 7.94. The summed E-state index contributed by atoms with van der Waals surface area (Å²) in [7, 11) is 0. The number of fused-ring (bicyclic) bond motifs is 1. The molecule has 1 aliphatic rings. The van der Waals surface area contributed by atoms with E-state index < -0.39 is 0 Å². The molecule has 1 aromatic carbocycles. The summed E-state index contributed by atoms with van der Waals surface area (Å²) in [6.07, 6.45) is 2.83. The number of aromatic nitrogens is 2. The number of para-hydroxylation sites is 1. The van der Waals surface area contributed by atoms with Crippen molar-refractivity contribution in [3.63, 3.8) is 0 Å². The topological polar surface area (TPSA) is 64.1 Å². The van der Waals surface area contributed by atoms with E-state index in [4.69, 9.17) is 4.74 Å². The predicted octanol–water partition coefficient (Wildman–Crippen LogP) is 2.47. The van der Waals surface area contributed by atoms with Crippen LogP contribution < -0.4 is 10.1 Å². The van der Waals surface area contributed by atoms with E-state index in [-0.39, 0.29) is 12.0 Å². The fourth-order valence-electron chi connectivity index (χ4n) is 2.11. The van der Waals surface area contributed by atoms with Crippen LogP contribution in [0.5, 0.6) is 5.75 Å². The maximum Gasteiger partial charge on any atom is 0.230 e. The molecule has 1 N–H and O–H groups in total. The van der Waals surface area contributed by atoms with Gasteiger partial charge in [0.1, 0.15) is 11.9 Å². The second-order valence-electron chi connectivity index (χ2n) is 4.68. The van der Waals surface area contributed by atoms with Crippen LogP contribution in [0.25, 0.3) is 0 Å². The van der Waals surface area contributed by atoms with E-state index in [0.29, 0.717) is 12.3 Å². The number of carbonyl (C=O) groups excluding carboxylic acids is 1. The van der Waals surface area contributed by atoms with E-state index in [1.807, 2.05) is 24.5 Å². The molecule has 1 amide bonds. The van der Waals surface area contributed by atoms with Crippen LogP contribution in [0.1, 0.15) is 5.56 Å². The number of hydrogen-bond acceptors (Lipinski definition) is 7. The summed E-state index contributed by atoms with van der Waals surface area (Å²) >= 11 is 4.48. The Morgan fingerprint density at radius 2 is 2.23 bits per heavy atom. The van der Waals surface area contributed by atoms with E-state index in [1.54, 1.807) is 11.8 Å². The monoisotopic (exact) mass is 353 g/mol. The maximum atomic E-state index is 11.9.